The van der Waals surface area contributed by atoms with Gasteiger partial charge < -0.3 is 15.1 Å². The van der Waals surface area contributed by atoms with Gasteiger partial charge in [0.2, 0.25) is 0 Å². The number of likely N-dealkylation sites (N-methyl/N-ethyl adjacent to an activating group) is 1. The summed E-state index contributed by atoms with van der Waals surface area (Å²) in [6, 6.07) is 6.13. The Morgan fingerprint density at radius 1 is 1.33 bits per heavy atom. The van der Waals surface area contributed by atoms with Crippen molar-refractivity contribution in [3.8, 4) is 0 Å². The molecular formula is C18H26N4OS. The zero-order valence-electron chi connectivity index (χ0n) is 14.8. The maximum Gasteiger partial charge on any atom is 0.317 e. The molecule has 2 aromatic heterocycles. The van der Waals surface area contributed by atoms with Gasteiger partial charge in [0.05, 0.1) is 12.1 Å². The lowest BCUT2D eigenvalue weighted by Crippen LogP contribution is -2.44. The highest BCUT2D eigenvalue weighted by Crippen LogP contribution is 2.21. The molecule has 0 spiro atoms. The largest absolute Gasteiger partial charge is 0.336 e. The Labute approximate surface area is 148 Å². The third kappa shape index (κ3) is 4.55. The highest BCUT2D eigenvalue weighted by Gasteiger charge is 2.22. The van der Waals surface area contributed by atoms with Crippen LogP contribution in [0, 0.1) is 0 Å². The molecule has 2 rings (SSSR count). The number of thiophene rings is 1. The van der Waals surface area contributed by atoms with Gasteiger partial charge >= 0.3 is 6.03 Å². The predicted molar refractivity (Wildman–Crippen MR) is 99.2 cm³/mol. The van der Waals surface area contributed by atoms with E-state index < -0.39 is 0 Å². The van der Waals surface area contributed by atoms with Gasteiger partial charge in [-0.1, -0.05) is 6.07 Å². The molecule has 0 aromatic carbocycles. The maximum atomic E-state index is 12.7. The molecule has 2 atom stereocenters. The normalized spacial score (nSPS) is 13.5. The molecule has 0 bridgehead atoms. The number of hydrogen-bond donors (Lipinski definition) is 1. The summed E-state index contributed by atoms with van der Waals surface area (Å²) in [7, 11) is 4.06. The molecule has 24 heavy (non-hydrogen) atoms. The van der Waals surface area contributed by atoms with E-state index in [-0.39, 0.29) is 18.1 Å². The highest BCUT2D eigenvalue weighted by molar-refractivity contribution is 7.07. The van der Waals surface area contributed by atoms with Gasteiger partial charge in [-0.25, -0.2) is 4.79 Å². The number of nitrogens with zero attached hydrogens (tertiary/aromatic N) is 3. The molecule has 0 unspecified atom stereocenters. The number of amides is 2. The van der Waals surface area contributed by atoms with Crippen LogP contribution in [0.2, 0.25) is 0 Å². The van der Waals surface area contributed by atoms with Crippen LogP contribution in [0.3, 0.4) is 0 Å². The summed E-state index contributed by atoms with van der Waals surface area (Å²) in [5.74, 6) is 0. The van der Waals surface area contributed by atoms with Crippen LogP contribution >= 0.6 is 11.3 Å². The van der Waals surface area contributed by atoms with Crippen molar-refractivity contribution in [1.29, 1.82) is 0 Å². The zero-order valence-corrected chi connectivity index (χ0v) is 15.6. The smallest absolute Gasteiger partial charge is 0.317 e. The van der Waals surface area contributed by atoms with Gasteiger partial charge in [0, 0.05) is 25.5 Å². The molecule has 0 aliphatic heterocycles. The molecule has 2 amide bonds. The number of pyridine rings is 1. The van der Waals surface area contributed by atoms with Crippen LogP contribution in [-0.4, -0.2) is 48.0 Å². The Bertz CT molecular complexity index is 615. The average molecular weight is 347 g/mol. The van der Waals surface area contributed by atoms with E-state index >= 15 is 0 Å². The number of rotatable bonds is 7. The van der Waals surface area contributed by atoms with Gasteiger partial charge in [-0.05, 0) is 62.0 Å². The molecule has 0 aliphatic carbocycles. The fourth-order valence-corrected chi connectivity index (χ4v) is 3.45. The van der Waals surface area contributed by atoms with Crippen LogP contribution in [0.15, 0.2) is 41.4 Å². The predicted octanol–water partition coefficient (Wildman–Crippen LogP) is 3.54. The first kappa shape index (κ1) is 18.4. The van der Waals surface area contributed by atoms with Crippen molar-refractivity contribution in [1.82, 2.24) is 20.1 Å². The molecule has 0 saturated carbocycles. The standard InChI is InChI=1S/C18H26N4OS/c1-5-22(14(2)15-7-6-9-19-11-15)18(23)20-12-17(21(3)4)16-8-10-24-13-16/h6-11,13-14,17H,5,12H2,1-4H3,(H,20,23)/t14-,17-/m1/s1. The third-order valence-corrected chi connectivity index (χ3v) is 4.94. The lowest BCUT2D eigenvalue weighted by molar-refractivity contribution is 0.178. The summed E-state index contributed by atoms with van der Waals surface area (Å²) in [5, 5.41) is 7.28. The van der Waals surface area contributed by atoms with Crippen LogP contribution < -0.4 is 5.32 Å². The van der Waals surface area contributed by atoms with Gasteiger partial charge in [-0.15, -0.1) is 0 Å². The van der Waals surface area contributed by atoms with Crippen LogP contribution in [0.5, 0.6) is 0 Å². The minimum Gasteiger partial charge on any atom is -0.336 e. The van der Waals surface area contributed by atoms with E-state index in [1.807, 2.05) is 51.2 Å². The van der Waals surface area contributed by atoms with Crippen molar-refractivity contribution in [3.05, 3.63) is 52.5 Å². The molecular weight excluding hydrogens is 320 g/mol. The minimum absolute atomic E-state index is 0.0114. The molecule has 0 aliphatic rings. The second kappa shape index (κ2) is 8.80. The van der Waals surface area contributed by atoms with E-state index in [1.165, 1.54) is 5.56 Å². The average Bonchev–Trinajstić information content (AvgIpc) is 3.10. The topological polar surface area (TPSA) is 48.5 Å². The lowest BCUT2D eigenvalue weighted by Gasteiger charge is -2.30. The summed E-state index contributed by atoms with van der Waals surface area (Å²) >= 11 is 1.68. The number of carbonyl (C=O) groups is 1. The van der Waals surface area contributed by atoms with Gasteiger partial charge in [-0.2, -0.15) is 11.3 Å². The second-order valence-corrected chi connectivity index (χ2v) is 6.75. The molecule has 130 valence electrons. The quantitative estimate of drug-likeness (QED) is 0.834. The first-order valence-corrected chi connectivity index (χ1v) is 9.11. The summed E-state index contributed by atoms with van der Waals surface area (Å²) in [5.41, 5.74) is 2.27. The Morgan fingerprint density at radius 3 is 2.67 bits per heavy atom. The SMILES string of the molecule is CCN(C(=O)NC[C@H](c1ccsc1)N(C)C)[C@H](C)c1cccnc1. The highest BCUT2D eigenvalue weighted by atomic mass is 32.1. The molecule has 0 fully saturated rings. The minimum atomic E-state index is -0.0454. The van der Waals surface area contributed by atoms with E-state index in [1.54, 1.807) is 17.5 Å². The van der Waals surface area contributed by atoms with Crippen molar-refractivity contribution in [3.63, 3.8) is 0 Å². The van der Waals surface area contributed by atoms with Crippen molar-refractivity contribution >= 4 is 17.4 Å². The zero-order chi connectivity index (χ0) is 17.5. The summed E-state index contributed by atoms with van der Waals surface area (Å²) in [4.78, 5) is 20.8. The molecule has 2 heterocycles. The summed E-state index contributed by atoms with van der Waals surface area (Å²) in [6.45, 7) is 5.25. The summed E-state index contributed by atoms with van der Waals surface area (Å²) < 4.78 is 0. The number of urea groups is 1. The Kier molecular flexibility index (Phi) is 6.75. The van der Waals surface area contributed by atoms with Crippen molar-refractivity contribution in [2.24, 2.45) is 0 Å². The Balaban J connectivity index is 2.01. The van der Waals surface area contributed by atoms with E-state index in [2.05, 4.69) is 32.0 Å². The van der Waals surface area contributed by atoms with Crippen molar-refractivity contribution in [2.45, 2.75) is 25.9 Å². The van der Waals surface area contributed by atoms with Gasteiger partial charge in [0.1, 0.15) is 0 Å². The van der Waals surface area contributed by atoms with Crippen LogP contribution in [0.25, 0.3) is 0 Å². The number of carbonyl (C=O) groups excluding carboxylic acids is 1. The fourth-order valence-electron chi connectivity index (χ4n) is 2.75. The lowest BCUT2D eigenvalue weighted by atomic mass is 10.1. The molecule has 5 nitrogen and oxygen atoms in total. The van der Waals surface area contributed by atoms with E-state index in [4.69, 9.17) is 0 Å². The van der Waals surface area contributed by atoms with Gasteiger partial charge in [-0.3, -0.25) is 4.98 Å². The van der Waals surface area contributed by atoms with Gasteiger partial charge in [0.15, 0.2) is 0 Å². The first-order chi connectivity index (χ1) is 11.5. The molecule has 1 N–H and O–H groups in total. The Morgan fingerprint density at radius 2 is 2.12 bits per heavy atom. The van der Waals surface area contributed by atoms with Gasteiger partial charge in [0.25, 0.3) is 0 Å². The summed E-state index contributed by atoms with van der Waals surface area (Å²) in [6.07, 6.45) is 3.56. The molecule has 2 aromatic rings. The van der Waals surface area contributed by atoms with Crippen LogP contribution in [0.4, 0.5) is 4.79 Å². The fraction of sp³-hybridized carbons (Fsp3) is 0.444. The maximum absolute atomic E-state index is 12.7. The Hall–Kier alpha value is -1.92. The van der Waals surface area contributed by atoms with Crippen molar-refractivity contribution < 1.29 is 4.79 Å². The number of hydrogen-bond acceptors (Lipinski definition) is 4. The molecule has 6 heteroatoms. The molecule has 0 radical (unpaired) electrons. The monoisotopic (exact) mass is 346 g/mol. The van der Waals surface area contributed by atoms with E-state index in [0.29, 0.717) is 13.1 Å². The van der Waals surface area contributed by atoms with E-state index in [9.17, 15) is 4.79 Å². The third-order valence-electron chi connectivity index (χ3n) is 4.23. The van der Waals surface area contributed by atoms with E-state index in [0.717, 1.165) is 5.56 Å². The molecule has 0 saturated heterocycles. The van der Waals surface area contributed by atoms with Crippen LogP contribution in [-0.2, 0) is 0 Å². The number of aromatic nitrogens is 1. The first-order valence-electron chi connectivity index (χ1n) is 8.17. The second-order valence-electron chi connectivity index (χ2n) is 5.97. The van der Waals surface area contributed by atoms with Crippen LogP contribution in [0.1, 0.15) is 37.1 Å². The van der Waals surface area contributed by atoms with Crippen molar-refractivity contribution in [2.75, 3.05) is 27.2 Å². The number of nitrogens with one attached hydrogen (secondary N) is 1.